The highest BCUT2D eigenvalue weighted by Gasteiger charge is 2.05. The van der Waals surface area contributed by atoms with E-state index in [4.69, 9.17) is 23.2 Å². The van der Waals surface area contributed by atoms with Gasteiger partial charge in [-0.25, -0.2) is 0 Å². The molecule has 0 heterocycles. The Morgan fingerprint density at radius 1 is 0.947 bits per heavy atom. The largest absolute Gasteiger partial charge is 0.353 e. The lowest BCUT2D eigenvalue weighted by Crippen LogP contribution is -1.93. The average molecular weight is 296 g/mol. The van der Waals surface area contributed by atoms with Crippen LogP contribution in [-0.2, 0) is 6.42 Å². The van der Waals surface area contributed by atoms with Gasteiger partial charge in [0.05, 0.1) is 15.7 Å². The number of nitrogens with one attached hydrogen (secondary N) is 1. The predicted molar refractivity (Wildman–Crippen MR) is 86.9 cm³/mol. The lowest BCUT2D eigenvalue weighted by Gasteiger charge is -2.11. The highest BCUT2D eigenvalue weighted by Crippen LogP contribution is 2.32. The number of hydrogen-bond donors (Lipinski definition) is 1. The van der Waals surface area contributed by atoms with Gasteiger partial charge in [-0.15, -0.1) is 0 Å². The Morgan fingerprint density at radius 3 is 2.11 bits per heavy atom. The summed E-state index contributed by atoms with van der Waals surface area (Å²) in [4.78, 5) is 0. The van der Waals surface area contributed by atoms with Gasteiger partial charge in [-0.1, -0.05) is 62.2 Å². The first-order chi connectivity index (χ1) is 9.20. The van der Waals surface area contributed by atoms with Crippen molar-refractivity contribution in [3.8, 4) is 0 Å². The van der Waals surface area contributed by atoms with Gasteiger partial charge in [-0.3, -0.25) is 0 Å². The van der Waals surface area contributed by atoms with Crippen LogP contribution >= 0.6 is 23.2 Å². The van der Waals surface area contributed by atoms with Crippen LogP contribution < -0.4 is 5.32 Å². The van der Waals surface area contributed by atoms with E-state index in [2.05, 4.69) is 24.4 Å². The van der Waals surface area contributed by atoms with E-state index in [9.17, 15) is 0 Å². The highest BCUT2D eigenvalue weighted by molar-refractivity contribution is 6.39. The van der Waals surface area contributed by atoms with Crippen molar-refractivity contribution in [3.63, 3.8) is 0 Å². The van der Waals surface area contributed by atoms with Gasteiger partial charge in [0.1, 0.15) is 0 Å². The minimum absolute atomic E-state index is 0.624. The fourth-order valence-electron chi connectivity index (χ4n) is 1.63. The van der Waals surface area contributed by atoms with Crippen molar-refractivity contribution in [2.75, 3.05) is 5.32 Å². The van der Waals surface area contributed by atoms with Crippen molar-refractivity contribution >= 4 is 34.6 Å². The third-order valence-corrected chi connectivity index (χ3v) is 3.20. The molecule has 0 fully saturated rings. The third kappa shape index (κ3) is 4.45. The molecule has 0 aliphatic carbocycles. The Labute approximate surface area is 125 Å². The van der Waals surface area contributed by atoms with Crippen molar-refractivity contribution in [2.45, 2.75) is 27.2 Å². The molecule has 0 amide bonds. The van der Waals surface area contributed by atoms with Gasteiger partial charge in [-0.05, 0) is 36.2 Å². The Balaban J connectivity index is 0.000000861. The monoisotopic (exact) mass is 295 g/mol. The lowest BCUT2D eigenvalue weighted by molar-refractivity contribution is 1.14. The SMILES string of the molecule is CC.CCc1cccc(Nc2c(Cl)cccc2Cl)c1. The van der Waals surface area contributed by atoms with Crippen LogP contribution in [-0.4, -0.2) is 0 Å². The Bertz CT molecular complexity index is 504. The molecule has 102 valence electrons. The molecule has 0 aromatic heterocycles. The first kappa shape index (κ1) is 15.9. The quantitative estimate of drug-likeness (QED) is 0.698. The highest BCUT2D eigenvalue weighted by atomic mass is 35.5. The number of halogens is 2. The normalized spacial score (nSPS) is 9.53. The van der Waals surface area contributed by atoms with Crippen LogP contribution in [0.1, 0.15) is 26.3 Å². The van der Waals surface area contributed by atoms with Gasteiger partial charge in [0, 0.05) is 5.69 Å². The summed E-state index contributed by atoms with van der Waals surface area (Å²) in [5.41, 5.74) is 3.03. The van der Waals surface area contributed by atoms with Crippen LogP contribution in [0, 0.1) is 0 Å². The Kier molecular flexibility index (Phi) is 6.75. The maximum Gasteiger partial charge on any atom is 0.0762 e. The first-order valence-electron chi connectivity index (χ1n) is 6.50. The molecule has 19 heavy (non-hydrogen) atoms. The number of anilines is 2. The molecular formula is C16H19Cl2N. The maximum absolute atomic E-state index is 6.11. The van der Waals surface area contributed by atoms with Crippen LogP contribution in [0.5, 0.6) is 0 Å². The lowest BCUT2D eigenvalue weighted by atomic mass is 10.1. The zero-order chi connectivity index (χ0) is 14.3. The molecular weight excluding hydrogens is 277 g/mol. The Hall–Kier alpha value is -1.18. The number of aryl methyl sites for hydroxylation is 1. The van der Waals surface area contributed by atoms with E-state index in [0.717, 1.165) is 17.8 Å². The van der Waals surface area contributed by atoms with E-state index in [0.29, 0.717) is 10.0 Å². The summed E-state index contributed by atoms with van der Waals surface area (Å²) in [5.74, 6) is 0. The molecule has 0 radical (unpaired) electrons. The summed E-state index contributed by atoms with van der Waals surface area (Å²) in [6.45, 7) is 6.13. The smallest absolute Gasteiger partial charge is 0.0762 e. The van der Waals surface area contributed by atoms with E-state index >= 15 is 0 Å². The van der Waals surface area contributed by atoms with Crippen LogP contribution in [0.2, 0.25) is 10.0 Å². The number of benzene rings is 2. The molecule has 0 saturated heterocycles. The molecule has 1 N–H and O–H groups in total. The molecule has 0 saturated carbocycles. The van der Waals surface area contributed by atoms with Crippen molar-refractivity contribution in [1.82, 2.24) is 0 Å². The zero-order valence-electron chi connectivity index (χ0n) is 11.5. The second kappa shape index (κ2) is 8.08. The van der Waals surface area contributed by atoms with Gasteiger partial charge in [0.25, 0.3) is 0 Å². The molecule has 3 heteroatoms. The Morgan fingerprint density at radius 2 is 1.53 bits per heavy atom. The molecule has 0 aliphatic heterocycles. The van der Waals surface area contributed by atoms with Crippen molar-refractivity contribution < 1.29 is 0 Å². The maximum atomic E-state index is 6.11. The van der Waals surface area contributed by atoms with Crippen molar-refractivity contribution in [2.24, 2.45) is 0 Å². The average Bonchev–Trinajstić information content (AvgIpc) is 2.45. The zero-order valence-corrected chi connectivity index (χ0v) is 13.0. The molecule has 0 spiro atoms. The molecule has 0 unspecified atom stereocenters. The second-order valence-corrected chi connectivity index (χ2v) is 4.59. The third-order valence-electron chi connectivity index (χ3n) is 2.57. The minimum Gasteiger partial charge on any atom is -0.353 e. The minimum atomic E-state index is 0.624. The summed E-state index contributed by atoms with van der Waals surface area (Å²) in [5, 5.41) is 4.50. The number of rotatable bonds is 3. The summed E-state index contributed by atoms with van der Waals surface area (Å²) < 4.78 is 0. The van der Waals surface area contributed by atoms with Gasteiger partial charge in [0.15, 0.2) is 0 Å². The van der Waals surface area contributed by atoms with E-state index in [1.165, 1.54) is 5.56 Å². The molecule has 0 bridgehead atoms. The summed E-state index contributed by atoms with van der Waals surface area (Å²) >= 11 is 12.2. The molecule has 1 nitrogen and oxygen atoms in total. The summed E-state index contributed by atoms with van der Waals surface area (Å²) in [6, 6.07) is 13.7. The fraction of sp³-hybridized carbons (Fsp3) is 0.250. The van der Waals surface area contributed by atoms with E-state index in [-0.39, 0.29) is 0 Å². The summed E-state index contributed by atoms with van der Waals surface area (Å²) in [7, 11) is 0. The molecule has 2 aromatic carbocycles. The number of hydrogen-bond acceptors (Lipinski definition) is 1. The fourth-order valence-corrected chi connectivity index (χ4v) is 2.12. The van der Waals surface area contributed by atoms with E-state index in [1.54, 1.807) is 0 Å². The first-order valence-corrected chi connectivity index (χ1v) is 7.26. The summed E-state index contributed by atoms with van der Waals surface area (Å²) in [6.07, 6.45) is 1.01. The van der Waals surface area contributed by atoms with Gasteiger partial charge in [0.2, 0.25) is 0 Å². The predicted octanol–water partition coefficient (Wildman–Crippen LogP) is 6.33. The van der Waals surface area contributed by atoms with E-state index < -0.39 is 0 Å². The van der Waals surface area contributed by atoms with Crippen LogP contribution in [0.3, 0.4) is 0 Å². The molecule has 0 atom stereocenters. The van der Waals surface area contributed by atoms with Crippen LogP contribution in [0.4, 0.5) is 11.4 Å². The molecule has 2 rings (SSSR count). The van der Waals surface area contributed by atoms with Crippen LogP contribution in [0.25, 0.3) is 0 Å². The van der Waals surface area contributed by atoms with Crippen LogP contribution in [0.15, 0.2) is 42.5 Å². The molecule has 0 aliphatic rings. The standard InChI is InChI=1S/C14H13Cl2N.C2H6/c1-2-10-5-3-6-11(9-10)17-14-12(15)7-4-8-13(14)16;1-2/h3-9,17H,2H2,1H3;1-2H3. The van der Waals surface area contributed by atoms with Crippen molar-refractivity contribution in [3.05, 3.63) is 58.1 Å². The van der Waals surface area contributed by atoms with Gasteiger partial charge < -0.3 is 5.32 Å². The topological polar surface area (TPSA) is 12.0 Å². The van der Waals surface area contributed by atoms with E-state index in [1.807, 2.05) is 44.2 Å². The van der Waals surface area contributed by atoms with Gasteiger partial charge >= 0.3 is 0 Å². The molecule has 2 aromatic rings. The van der Waals surface area contributed by atoms with Crippen molar-refractivity contribution in [1.29, 1.82) is 0 Å². The van der Waals surface area contributed by atoms with Gasteiger partial charge in [-0.2, -0.15) is 0 Å². The number of para-hydroxylation sites is 1. The second-order valence-electron chi connectivity index (χ2n) is 3.78.